The Kier molecular flexibility index (Phi) is 7.04. The van der Waals surface area contributed by atoms with Crippen molar-refractivity contribution in [2.45, 2.75) is 59.1 Å². The van der Waals surface area contributed by atoms with E-state index in [1.54, 1.807) is 0 Å². The highest BCUT2D eigenvalue weighted by atomic mass is 32.3. The summed E-state index contributed by atoms with van der Waals surface area (Å²) in [6.45, 7) is 9.14. The molecule has 0 spiro atoms. The van der Waals surface area contributed by atoms with E-state index >= 15 is 0 Å². The molecule has 0 amide bonds. The Bertz CT molecular complexity index is 2710. The normalized spacial score (nSPS) is 12.9. The highest BCUT2D eigenvalue weighted by Gasteiger charge is 2.34. The molecule has 0 fully saturated rings. The van der Waals surface area contributed by atoms with Crippen LogP contribution in [-0.4, -0.2) is 4.40 Å². The lowest BCUT2D eigenvalue weighted by Crippen LogP contribution is -2.05. The van der Waals surface area contributed by atoms with Crippen LogP contribution in [-0.2, 0) is 0 Å². The van der Waals surface area contributed by atoms with Crippen molar-refractivity contribution in [3.8, 4) is 0 Å². The third-order valence-corrected chi connectivity index (χ3v) is 15.2. The Morgan fingerprint density at radius 1 is 0.365 bits per heavy atom. The van der Waals surface area contributed by atoms with E-state index in [9.17, 15) is 0 Å². The van der Waals surface area contributed by atoms with Crippen molar-refractivity contribution >= 4 is 69.7 Å². The van der Waals surface area contributed by atoms with Crippen LogP contribution >= 0.6 is 10.0 Å². The largest absolute Gasteiger partial charge is 0.308 e. The maximum Gasteiger partial charge on any atom is 0.0621 e. The predicted octanol–water partition coefficient (Wildman–Crippen LogP) is 14.7. The average Bonchev–Trinajstić information content (AvgIpc) is 3.67. The number of nitrogens with zero attached hydrogens (tertiary/aromatic N) is 1. The van der Waals surface area contributed by atoms with Crippen molar-refractivity contribution in [3.05, 3.63) is 175 Å². The minimum atomic E-state index is -1.89. The van der Waals surface area contributed by atoms with Crippen molar-refractivity contribution < 1.29 is 0 Å². The van der Waals surface area contributed by atoms with Gasteiger partial charge in [0.1, 0.15) is 0 Å². The van der Waals surface area contributed by atoms with Crippen LogP contribution < -0.4 is 0 Å². The fourth-order valence-corrected chi connectivity index (χ4v) is 12.5. The van der Waals surface area contributed by atoms with Crippen molar-refractivity contribution in [1.29, 1.82) is 0 Å². The molecule has 10 rings (SSSR count). The molecule has 2 heterocycles. The number of fused-ring (bicyclic) bond motifs is 8. The average molecular weight is 688 g/mol. The van der Waals surface area contributed by atoms with Crippen molar-refractivity contribution in [1.82, 2.24) is 4.40 Å². The SMILES string of the molecule is CC(C)c1ccc2cc3c(cc2c1)c1cc(S(c2ccccc2)(c2ccccc2)c2ccccc2)cc2c4cc5cc(C(C)C)ccc5cc4n3c12. The van der Waals surface area contributed by atoms with Gasteiger partial charge in [-0.2, -0.15) is 0 Å². The van der Waals surface area contributed by atoms with Gasteiger partial charge in [-0.3, -0.25) is 0 Å². The molecule has 2 heteroatoms. The standard InChI is InChI=1S/C50H41NS/c1-32(2)34-20-22-36-28-48-44(26-38(36)24-34)46-30-43(31-47-45-27-39-25-35(33(3)4)21-23-37(39)29-49(45)51(48)50(46)47)52(40-14-8-5-9-15-40,41-16-10-6-11-17-41)42-18-12-7-13-19-42/h5-33H,1-4H3. The van der Waals surface area contributed by atoms with E-state index in [0.29, 0.717) is 11.8 Å². The van der Waals surface area contributed by atoms with Crippen LogP contribution in [0.15, 0.2) is 183 Å². The van der Waals surface area contributed by atoms with E-state index in [4.69, 9.17) is 0 Å². The van der Waals surface area contributed by atoms with Crippen LogP contribution in [0.3, 0.4) is 0 Å². The van der Waals surface area contributed by atoms with Crippen LogP contribution in [0.25, 0.3) is 59.6 Å². The molecule has 0 bridgehead atoms. The van der Waals surface area contributed by atoms with Gasteiger partial charge in [0, 0.05) is 41.1 Å². The number of aromatic nitrogens is 1. The van der Waals surface area contributed by atoms with E-state index in [0.717, 1.165) is 0 Å². The van der Waals surface area contributed by atoms with E-state index < -0.39 is 10.0 Å². The molecule has 0 atom stereocenters. The second kappa shape index (κ2) is 11.7. The summed E-state index contributed by atoms with van der Waals surface area (Å²) in [5.41, 5.74) is 6.62. The summed E-state index contributed by atoms with van der Waals surface area (Å²) < 4.78 is 2.56. The third kappa shape index (κ3) is 4.50. The Morgan fingerprint density at radius 3 is 1.15 bits per heavy atom. The molecule has 2 aromatic heterocycles. The highest BCUT2D eigenvalue weighted by Crippen LogP contribution is 2.74. The first-order valence-electron chi connectivity index (χ1n) is 18.5. The maximum absolute atomic E-state index is 2.56. The van der Waals surface area contributed by atoms with Crippen molar-refractivity contribution in [3.63, 3.8) is 0 Å². The number of hydrogen-bond acceptors (Lipinski definition) is 0. The number of hydrogen-bond donors (Lipinski definition) is 0. The van der Waals surface area contributed by atoms with Crippen LogP contribution in [0.5, 0.6) is 0 Å². The summed E-state index contributed by atoms with van der Waals surface area (Å²) >= 11 is 0. The van der Waals surface area contributed by atoms with E-state index in [1.807, 2.05) is 0 Å². The molecule has 52 heavy (non-hydrogen) atoms. The maximum atomic E-state index is 2.56. The van der Waals surface area contributed by atoms with Gasteiger partial charge in [-0.25, -0.2) is 0 Å². The summed E-state index contributed by atoms with van der Waals surface area (Å²) in [5.74, 6) is 0.948. The minimum Gasteiger partial charge on any atom is -0.308 e. The lowest BCUT2D eigenvalue weighted by Gasteiger charge is -2.42. The molecule has 0 radical (unpaired) electrons. The second-order valence-electron chi connectivity index (χ2n) is 15.0. The molecular weight excluding hydrogens is 647 g/mol. The Labute approximate surface area is 306 Å². The predicted molar refractivity (Wildman–Crippen MR) is 224 cm³/mol. The molecule has 252 valence electrons. The zero-order chi connectivity index (χ0) is 35.1. The summed E-state index contributed by atoms with van der Waals surface area (Å²) in [5, 5.41) is 10.4. The van der Waals surface area contributed by atoms with Gasteiger partial charge in [-0.15, -0.1) is 10.0 Å². The van der Waals surface area contributed by atoms with Gasteiger partial charge in [0.15, 0.2) is 0 Å². The first-order chi connectivity index (χ1) is 25.4. The lowest BCUT2D eigenvalue weighted by molar-refractivity contribution is 0.869. The first-order valence-corrected chi connectivity index (χ1v) is 20.2. The van der Waals surface area contributed by atoms with Gasteiger partial charge in [0.2, 0.25) is 0 Å². The lowest BCUT2D eigenvalue weighted by atomic mass is 9.97. The summed E-state index contributed by atoms with van der Waals surface area (Å²) in [6, 6.07) is 62.7. The third-order valence-electron chi connectivity index (χ3n) is 11.3. The second-order valence-corrected chi connectivity index (χ2v) is 18.1. The monoisotopic (exact) mass is 687 g/mol. The molecule has 8 aromatic carbocycles. The summed E-state index contributed by atoms with van der Waals surface area (Å²) in [6.07, 6.45) is 0. The smallest absolute Gasteiger partial charge is 0.0621 e. The fourth-order valence-electron chi connectivity index (χ4n) is 8.63. The Morgan fingerprint density at radius 2 is 0.769 bits per heavy atom. The van der Waals surface area contributed by atoms with Gasteiger partial charge in [0.25, 0.3) is 0 Å². The van der Waals surface area contributed by atoms with Crippen molar-refractivity contribution in [2.75, 3.05) is 0 Å². The van der Waals surface area contributed by atoms with Crippen LogP contribution in [0.2, 0.25) is 0 Å². The van der Waals surface area contributed by atoms with Crippen LogP contribution in [0.4, 0.5) is 0 Å². The molecule has 0 aliphatic carbocycles. The molecule has 0 unspecified atom stereocenters. The molecule has 0 aliphatic rings. The zero-order valence-corrected chi connectivity index (χ0v) is 30.9. The molecule has 0 aliphatic heterocycles. The van der Waals surface area contributed by atoms with E-state index in [-0.39, 0.29) is 0 Å². The minimum absolute atomic E-state index is 0.474. The van der Waals surface area contributed by atoms with Crippen molar-refractivity contribution in [2.24, 2.45) is 0 Å². The number of rotatable bonds is 6. The van der Waals surface area contributed by atoms with E-state index in [1.165, 1.54) is 90.3 Å². The Balaban J connectivity index is 1.42. The molecule has 0 saturated heterocycles. The van der Waals surface area contributed by atoms with Gasteiger partial charge >= 0.3 is 0 Å². The molecular formula is C50H41NS. The molecule has 0 N–H and O–H groups in total. The Hall–Kier alpha value is -5.57. The van der Waals surface area contributed by atoms with Gasteiger partial charge in [-0.05, 0) is 117 Å². The molecule has 10 aromatic rings. The van der Waals surface area contributed by atoms with Gasteiger partial charge < -0.3 is 4.40 Å². The number of benzene rings is 8. The summed E-state index contributed by atoms with van der Waals surface area (Å²) in [4.78, 5) is 5.38. The van der Waals surface area contributed by atoms with Crippen LogP contribution in [0.1, 0.15) is 50.7 Å². The highest BCUT2D eigenvalue weighted by molar-refractivity contribution is 8.34. The van der Waals surface area contributed by atoms with Crippen LogP contribution in [0, 0.1) is 0 Å². The topological polar surface area (TPSA) is 4.41 Å². The summed E-state index contributed by atoms with van der Waals surface area (Å²) in [7, 11) is -1.89. The quantitative estimate of drug-likeness (QED) is 0.164. The van der Waals surface area contributed by atoms with E-state index in [2.05, 4.69) is 196 Å². The molecule has 0 saturated carbocycles. The van der Waals surface area contributed by atoms with Gasteiger partial charge in [0.05, 0.1) is 16.6 Å². The van der Waals surface area contributed by atoms with Gasteiger partial charge in [-0.1, -0.05) is 119 Å². The molecule has 1 nitrogen and oxygen atoms in total. The first kappa shape index (κ1) is 31.2. The zero-order valence-electron chi connectivity index (χ0n) is 30.1. The fraction of sp³-hybridized carbons (Fsp3) is 0.120.